The Balaban J connectivity index is 1.14. The van der Waals surface area contributed by atoms with E-state index in [9.17, 15) is 4.39 Å². The van der Waals surface area contributed by atoms with Gasteiger partial charge in [0.1, 0.15) is 16.8 Å². The summed E-state index contributed by atoms with van der Waals surface area (Å²) in [4.78, 5) is 6.51. The standard InChI is InChI=1S/C22H27ClFN5O/c23-22-19(9-17(24)10-25-22)20-1-2-21(28-27-20)26-18-7-15-12-29(13-16(15)8-18)11-14-3-5-30-6-4-14/h1-2,9-10,14-16,18H,3-8,11-13H2,(H,26,28)/t15-,16+,18?. The number of nitrogens with one attached hydrogen (secondary N) is 1. The van der Waals surface area contributed by atoms with Gasteiger partial charge in [0, 0.05) is 44.5 Å². The van der Waals surface area contributed by atoms with Gasteiger partial charge in [0.15, 0.2) is 0 Å². The number of pyridine rings is 1. The second-order valence-electron chi connectivity index (χ2n) is 8.90. The number of hydrogen-bond acceptors (Lipinski definition) is 6. The van der Waals surface area contributed by atoms with Crippen LogP contribution in [0.4, 0.5) is 10.2 Å². The number of aromatic nitrogens is 3. The van der Waals surface area contributed by atoms with Crippen LogP contribution in [0.2, 0.25) is 5.15 Å². The molecule has 2 aromatic rings. The summed E-state index contributed by atoms with van der Waals surface area (Å²) in [5.74, 6) is 2.66. The Morgan fingerprint density at radius 1 is 1.13 bits per heavy atom. The van der Waals surface area contributed by atoms with Crippen LogP contribution in [0, 0.1) is 23.6 Å². The second-order valence-corrected chi connectivity index (χ2v) is 9.26. The Morgan fingerprint density at radius 2 is 1.90 bits per heavy atom. The van der Waals surface area contributed by atoms with Gasteiger partial charge < -0.3 is 15.0 Å². The van der Waals surface area contributed by atoms with Crippen LogP contribution in [-0.4, -0.2) is 59.0 Å². The molecule has 8 heteroatoms. The lowest BCUT2D eigenvalue weighted by molar-refractivity contribution is 0.0545. The van der Waals surface area contributed by atoms with E-state index in [1.165, 1.54) is 51.4 Å². The number of anilines is 1. The fraction of sp³-hybridized carbons (Fsp3) is 0.591. The van der Waals surface area contributed by atoms with Gasteiger partial charge in [-0.05, 0) is 61.6 Å². The van der Waals surface area contributed by atoms with Crippen molar-refractivity contribution in [3.63, 3.8) is 0 Å². The summed E-state index contributed by atoms with van der Waals surface area (Å²) < 4.78 is 19.0. The molecule has 0 radical (unpaired) electrons. The van der Waals surface area contributed by atoms with Crippen LogP contribution < -0.4 is 5.32 Å². The lowest BCUT2D eigenvalue weighted by Crippen LogP contribution is -2.32. The van der Waals surface area contributed by atoms with Gasteiger partial charge in [-0.2, -0.15) is 0 Å². The molecule has 3 fully saturated rings. The lowest BCUT2D eigenvalue weighted by atomic mass is 10.00. The van der Waals surface area contributed by atoms with Crippen LogP contribution in [0.1, 0.15) is 25.7 Å². The van der Waals surface area contributed by atoms with E-state index in [4.69, 9.17) is 16.3 Å². The first kappa shape index (κ1) is 20.1. The molecule has 2 aliphatic heterocycles. The van der Waals surface area contributed by atoms with Crippen LogP contribution in [0.5, 0.6) is 0 Å². The average molecular weight is 432 g/mol. The zero-order valence-corrected chi connectivity index (χ0v) is 17.7. The number of ether oxygens (including phenoxy) is 1. The first-order chi connectivity index (χ1) is 14.6. The highest BCUT2D eigenvalue weighted by Crippen LogP contribution is 2.39. The van der Waals surface area contributed by atoms with Crippen molar-refractivity contribution < 1.29 is 9.13 Å². The zero-order chi connectivity index (χ0) is 20.5. The number of likely N-dealkylation sites (tertiary alicyclic amines) is 1. The van der Waals surface area contributed by atoms with Crippen molar-refractivity contribution in [2.75, 3.05) is 38.2 Å². The summed E-state index contributed by atoms with van der Waals surface area (Å²) in [6.07, 6.45) is 5.87. The molecule has 30 heavy (non-hydrogen) atoms. The molecule has 6 nitrogen and oxygen atoms in total. The maximum absolute atomic E-state index is 13.5. The van der Waals surface area contributed by atoms with Gasteiger partial charge in [-0.25, -0.2) is 9.37 Å². The van der Waals surface area contributed by atoms with Crippen LogP contribution in [-0.2, 0) is 4.74 Å². The summed E-state index contributed by atoms with van der Waals surface area (Å²) >= 11 is 6.06. The Kier molecular flexibility index (Phi) is 5.85. The van der Waals surface area contributed by atoms with Crippen molar-refractivity contribution in [2.45, 2.75) is 31.7 Å². The predicted octanol–water partition coefficient (Wildman–Crippen LogP) is 3.88. The minimum Gasteiger partial charge on any atom is -0.381 e. The summed E-state index contributed by atoms with van der Waals surface area (Å²) in [7, 11) is 0. The molecular weight excluding hydrogens is 405 g/mol. The quantitative estimate of drug-likeness (QED) is 0.725. The molecule has 4 heterocycles. The zero-order valence-electron chi connectivity index (χ0n) is 16.9. The molecule has 1 unspecified atom stereocenters. The van der Waals surface area contributed by atoms with E-state index in [0.29, 0.717) is 17.3 Å². The summed E-state index contributed by atoms with van der Waals surface area (Å²) in [6, 6.07) is 5.46. The molecular formula is C22H27ClFN5O. The van der Waals surface area contributed by atoms with Gasteiger partial charge in [-0.15, -0.1) is 10.2 Å². The van der Waals surface area contributed by atoms with E-state index < -0.39 is 5.82 Å². The number of rotatable bonds is 5. The Labute approximate surface area is 181 Å². The maximum atomic E-state index is 13.5. The first-order valence-electron chi connectivity index (χ1n) is 10.9. The normalized spacial score (nSPS) is 27.3. The summed E-state index contributed by atoms with van der Waals surface area (Å²) in [6.45, 7) is 5.53. The highest BCUT2D eigenvalue weighted by molar-refractivity contribution is 6.32. The van der Waals surface area contributed by atoms with Crippen molar-refractivity contribution in [2.24, 2.45) is 17.8 Å². The topological polar surface area (TPSA) is 63.2 Å². The maximum Gasteiger partial charge on any atom is 0.148 e. The first-order valence-corrected chi connectivity index (χ1v) is 11.2. The molecule has 1 saturated carbocycles. The number of halogens is 2. The number of fused-ring (bicyclic) bond motifs is 1. The lowest BCUT2D eigenvalue weighted by Gasteiger charge is -2.27. The molecule has 3 atom stereocenters. The van der Waals surface area contributed by atoms with E-state index >= 15 is 0 Å². The van der Waals surface area contributed by atoms with Gasteiger partial charge in [0.25, 0.3) is 0 Å². The van der Waals surface area contributed by atoms with Crippen molar-refractivity contribution in [1.29, 1.82) is 0 Å². The highest BCUT2D eigenvalue weighted by atomic mass is 35.5. The van der Waals surface area contributed by atoms with E-state index in [2.05, 4.69) is 25.4 Å². The molecule has 1 N–H and O–H groups in total. The van der Waals surface area contributed by atoms with E-state index in [-0.39, 0.29) is 5.15 Å². The van der Waals surface area contributed by atoms with Crippen LogP contribution in [0.15, 0.2) is 24.4 Å². The summed E-state index contributed by atoms with van der Waals surface area (Å²) in [5.41, 5.74) is 0.973. The molecule has 1 aliphatic carbocycles. The fourth-order valence-corrected chi connectivity index (χ4v) is 5.52. The van der Waals surface area contributed by atoms with Gasteiger partial charge in [0.2, 0.25) is 0 Å². The highest BCUT2D eigenvalue weighted by Gasteiger charge is 2.41. The SMILES string of the molecule is Fc1cnc(Cl)c(-c2ccc(NC3C[C@@H]4CN(CC5CCOCC5)C[C@@H]4C3)nn2)c1. The van der Waals surface area contributed by atoms with Crippen LogP contribution in [0.25, 0.3) is 11.3 Å². The molecule has 2 saturated heterocycles. The molecule has 0 aromatic carbocycles. The smallest absolute Gasteiger partial charge is 0.148 e. The van der Waals surface area contributed by atoms with Crippen LogP contribution in [0.3, 0.4) is 0 Å². The molecule has 5 rings (SSSR count). The molecule has 3 aliphatic rings. The van der Waals surface area contributed by atoms with Gasteiger partial charge in [-0.3, -0.25) is 0 Å². The number of nitrogens with zero attached hydrogens (tertiary/aromatic N) is 4. The second kappa shape index (κ2) is 8.73. The third-order valence-corrected chi connectivity index (χ3v) is 7.08. The molecule has 0 spiro atoms. The van der Waals surface area contributed by atoms with E-state index in [0.717, 1.165) is 43.0 Å². The van der Waals surface area contributed by atoms with Gasteiger partial charge in [0.05, 0.1) is 11.9 Å². The van der Waals surface area contributed by atoms with Gasteiger partial charge in [-0.1, -0.05) is 11.6 Å². The monoisotopic (exact) mass is 431 g/mol. The Bertz CT molecular complexity index is 862. The van der Waals surface area contributed by atoms with Crippen molar-refractivity contribution in [3.05, 3.63) is 35.4 Å². The molecule has 0 bridgehead atoms. The van der Waals surface area contributed by atoms with Crippen LogP contribution >= 0.6 is 11.6 Å². The third-order valence-electron chi connectivity index (χ3n) is 6.78. The number of hydrogen-bond donors (Lipinski definition) is 1. The molecule has 160 valence electrons. The minimum absolute atomic E-state index is 0.223. The Morgan fingerprint density at radius 3 is 2.60 bits per heavy atom. The molecule has 0 amide bonds. The fourth-order valence-electron chi connectivity index (χ4n) is 5.32. The van der Waals surface area contributed by atoms with Crippen molar-refractivity contribution in [1.82, 2.24) is 20.1 Å². The third kappa shape index (κ3) is 4.43. The van der Waals surface area contributed by atoms with Crippen molar-refractivity contribution >= 4 is 17.4 Å². The predicted molar refractivity (Wildman–Crippen MR) is 114 cm³/mol. The van der Waals surface area contributed by atoms with Gasteiger partial charge >= 0.3 is 0 Å². The Hall–Kier alpha value is -1.83. The largest absolute Gasteiger partial charge is 0.381 e. The average Bonchev–Trinajstić information content (AvgIpc) is 3.29. The van der Waals surface area contributed by atoms with E-state index in [1.54, 1.807) is 0 Å². The summed E-state index contributed by atoms with van der Waals surface area (Å²) in [5, 5.41) is 12.3. The minimum atomic E-state index is -0.443. The van der Waals surface area contributed by atoms with E-state index in [1.807, 2.05) is 12.1 Å². The van der Waals surface area contributed by atoms with Crippen molar-refractivity contribution in [3.8, 4) is 11.3 Å². The molecule has 2 aromatic heterocycles.